The van der Waals surface area contributed by atoms with E-state index in [1.54, 1.807) is 22.9 Å². The molecular formula is C13H16BFN2O2S. The smallest absolute Gasteiger partial charge is 0.423 e. The molecule has 0 aliphatic carbocycles. The largest absolute Gasteiger partial charge is 0.488 e. The molecule has 0 saturated carbocycles. The van der Waals surface area contributed by atoms with Crippen LogP contribution in [0.15, 0.2) is 23.7 Å². The topological polar surface area (TPSA) is 56.6 Å². The first kappa shape index (κ1) is 15.1. The monoisotopic (exact) mass is 294 g/mol. The summed E-state index contributed by atoms with van der Waals surface area (Å²) in [6, 6.07) is 4.07. The Balaban J connectivity index is 2.11. The number of benzene rings is 1. The molecule has 20 heavy (non-hydrogen) atoms. The second-order valence-electron chi connectivity index (χ2n) is 4.75. The highest BCUT2D eigenvalue weighted by molar-refractivity contribution is 7.09. The third-order valence-electron chi connectivity index (χ3n) is 3.08. The minimum absolute atomic E-state index is 0.206. The molecule has 106 valence electrons. The van der Waals surface area contributed by atoms with Crippen LogP contribution in [0.5, 0.6) is 0 Å². The van der Waals surface area contributed by atoms with Crippen molar-refractivity contribution in [2.45, 2.75) is 20.0 Å². The van der Waals surface area contributed by atoms with Crippen LogP contribution in [0.1, 0.15) is 16.1 Å². The van der Waals surface area contributed by atoms with Crippen LogP contribution in [-0.4, -0.2) is 34.1 Å². The Labute approximate surface area is 121 Å². The van der Waals surface area contributed by atoms with Crippen molar-refractivity contribution in [3.63, 3.8) is 0 Å². The van der Waals surface area contributed by atoms with Gasteiger partial charge in [-0.15, -0.1) is 11.3 Å². The molecule has 2 N–H and O–H groups in total. The fourth-order valence-corrected chi connectivity index (χ4v) is 2.88. The number of halogens is 1. The summed E-state index contributed by atoms with van der Waals surface area (Å²) < 4.78 is 13.2. The van der Waals surface area contributed by atoms with Crippen LogP contribution in [0.2, 0.25) is 0 Å². The van der Waals surface area contributed by atoms with Gasteiger partial charge in [-0.2, -0.15) is 0 Å². The van der Waals surface area contributed by atoms with Gasteiger partial charge in [0.1, 0.15) is 5.82 Å². The number of rotatable bonds is 5. The van der Waals surface area contributed by atoms with Crippen molar-refractivity contribution < 1.29 is 14.4 Å². The Morgan fingerprint density at radius 3 is 2.70 bits per heavy atom. The molecule has 1 aromatic heterocycles. The van der Waals surface area contributed by atoms with Gasteiger partial charge in [-0.1, -0.05) is 6.07 Å². The molecule has 2 aromatic rings. The Kier molecular flexibility index (Phi) is 4.88. The van der Waals surface area contributed by atoms with E-state index in [0.717, 1.165) is 18.3 Å². The van der Waals surface area contributed by atoms with Crippen LogP contribution < -0.4 is 5.46 Å². The van der Waals surface area contributed by atoms with Crippen molar-refractivity contribution in [2.24, 2.45) is 0 Å². The van der Waals surface area contributed by atoms with Gasteiger partial charge in [-0.05, 0) is 37.1 Å². The van der Waals surface area contributed by atoms with Crippen LogP contribution >= 0.6 is 11.3 Å². The zero-order valence-electron chi connectivity index (χ0n) is 11.4. The summed E-state index contributed by atoms with van der Waals surface area (Å²) in [7, 11) is 0.259. The van der Waals surface area contributed by atoms with Crippen LogP contribution in [0.25, 0.3) is 0 Å². The van der Waals surface area contributed by atoms with E-state index in [0.29, 0.717) is 12.1 Å². The highest BCUT2D eigenvalue weighted by Gasteiger charge is 2.18. The van der Waals surface area contributed by atoms with Gasteiger partial charge in [-0.25, -0.2) is 9.37 Å². The quantitative estimate of drug-likeness (QED) is 0.805. The van der Waals surface area contributed by atoms with Crippen molar-refractivity contribution in [3.8, 4) is 0 Å². The minimum Gasteiger partial charge on any atom is -0.423 e. The third-order valence-corrected chi connectivity index (χ3v) is 4.00. The predicted octanol–water partition coefficient (Wildman–Crippen LogP) is 0.902. The maximum Gasteiger partial charge on any atom is 0.488 e. The molecule has 0 atom stereocenters. The van der Waals surface area contributed by atoms with Gasteiger partial charge in [0, 0.05) is 18.0 Å². The molecule has 0 aliphatic heterocycles. The van der Waals surface area contributed by atoms with E-state index in [9.17, 15) is 14.4 Å². The molecule has 1 heterocycles. The molecule has 1 aromatic carbocycles. The van der Waals surface area contributed by atoms with Crippen molar-refractivity contribution in [1.29, 1.82) is 0 Å². The summed E-state index contributed by atoms with van der Waals surface area (Å²) in [5.74, 6) is -0.474. The first-order valence-corrected chi connectivity index (χ1v) is 7.07. The average molecular weight is 294 g/mol. The van der Waals surface area contributed by atoms with Gasteiger partial charge in [0.15, 0.2) is 0 Å². The second-order valence-corrected chi connectivity index (χ2v) is 5.69. The molecule has 7 heteroatoms. The summed E-state index contributed by atoms with van der Waals surface area (Å²) in [5.41, 5.74) is 3.71. The lowest BCUT2D eigenvalue weighted by Gasteiger charge is -2.18. The van der Waals surface area contributed by atoms with Crippen LogP contribution in [0.4, 0.5) is 4.39 Å². The van der Waals surface area contributed by atoms with E-state index in [-0.39, 0.29) is 5.46 Å². The standard InChI is InChI=1S/C13H16BFN2O2S/c1-9-13(20-8-16-9)7-17(2)6-10-3-4-11(15)5-12(10)14(18)19/h3-5,8,18-19H,6-7H2,1-2H3. The number of nitrogens with zero attached hydrogens (tertiary/aromatic N) is 2. The second kappa shape index (κ2) is 6.45. The number of thiazole rings is 1. The van der Waals surface area contributed by atoms with E-state index in [1.807, 2.05) is 18.9 Å². The molecular weight excluding hydrogens is 278 g/mol. The lowest BCUT2D eigenvalue weighted by molar-refractivity contribution is 0.321. The lowest BCUT2D eigenvalue weighted by atomic mass is 9.77. The summed E-state index contributed by atoms with van der Waals surface area (Å²) >= 11 is 1.59. The van der Waals surface area contributed by atoms with Gasteiger partial charge >= 0.3 is 7.12 Å². The van der Waals surface area contributed by atoms with Gasteiger partial charge in [-0.3, -0.25) is 4.90 Å². The summed E-state index contributed by atoms with van der Waals surface area (Å²) in [4.78, 5) is 7.39. The Morgan fingerprint density at radius 2 is 2.10 bits per heavy atom. The Hall–Kier alpha value is -1.28. The Bertz CT molecular complexity index is 592. The maximum atomic E-state index is 13.2. The average Bonchev–Trinajstić information content (AvgIpc) is 2.77. The van der Waals surface area contributed by atoms with E-state index >= 15 is 0 Å². The normalized spacial score (nSPS) is 11.1. The molecule has 0 bridgehead atoms. The predicted molar refractivity (Wildman–Crippen MR) is 78.2 cm³/mol. The van der Waals surface area contributed by atoms with E-state index in [2.05, 4.69) is 4.98 Å². The molecule has 0 unspecified atom stereocenters. The Morgan fingerprint density at radius 1 is 1.35 bits per heavy atom. The zero-order chi connectivity index (χ0) is 14.7. The molecule has 0 radical (unpaired) electrons. The molecule has 2 rings (SSSR count). The number of hydrogen-bond acceptors (Lipinski definition) is 5. The van der Waals surface area contributed by atoms with Gasteiger partial charge in [0.25, 0.3) is 0 Å². The molecule has 0 spiro atoms. The molecule has 0 saturated heterocycles. The molecule has 0 aliphatic rings. The molecule has 0 fully saturated rings. The van der Waals surface area contributed by atoms with Crippen molar-refractivity contribution in [1.82, 2.24) is 9.88 Å². The fourth-order valence-electron chi connectivity index (χ4n) is 2.02. The lowest BCUT2D eigenvalue weighted by Crippen LogP contribution is -2.35. The summed E-state index contributed by atoms with van der Waals surface area (Å²) in [6.45, 7) is 3.18. The zero-order valence-corrected chi connectivity index (χ0v) is 12.2. The highest BCUT2D eigenvalue weighted by Crippen LogP contribution is 2.15. The van der Waals surface area contributed by atoms with E-state index in [1.165, 1.54) is 10.9 Å². The first-order valence-electron chi connectivity index (χ1n) is 6.19. The number of hydrogen-bond donors (Lipinski definition) is 2. The maximum absolute atomic E-state index is 13.2. The number of aromatic nitrogens is 1. The summed E-state index contributed by atoms with van der Waals surface area (Å²) in [5, 5.41) is 18.6. The van der Waals surface area contributed by atoms with Crippen LogP contribution in [0.3, 0.4) is 0 Å². The van der Waals surface area contributed by atoms with Crippen LogP contribution in [0, 0.1) is 12.7 Å². The molecule has 0 amide bonds. The SMILES string of the molecule is Cc1ncsc1CN(C)Cc1ccc(F)cc1B(O)O. The van der Waals surface area contributed by atoms with Crippen molar-refractivity contribution in [2.75, 3.05) is 7.05 Å². The fraction of sp³-hybridized carbons (Fsp3) is 0.308. The van der Waals surface area contributed by atoms with Crippen LogP contribution in [-0.2, 0) is 13.1 Å². The third kappa shape index (κ3) is 3.64. The highest BCUT2D eigenvalue weighted by atomic mass is 32.1. The van der Waals surface area contributed by atoms with Gasteiger partial charge < -0.3 is 10.0 Å². The minimum atomic E-state index is -1.67. The van der Waals surface area contributed by atoms with Gasteiger partial charge in [0.2, 0.25) is 0 Å². The van der Waals surface area contributed by atoms with Gasteiger partial charge in [0.05, 0.1) is 11.2 Å². The van der Waals surface area contributed by atoms with Crippen molar-refractivity contribution in [3.05, 3.63) is 45.7 Å². The molecule has 4 nitrogen and oxygen atoms in total. The van der Waals surface area contributed by atoms with E-state index in [4.69, 9.17) is 0 Å². The summed E-state index contributed by atoms with van der Waals surface area (Å²) in [6.07, 6.45) is 0. The van der Waals surface area contributed by atoms with Crippen molar-refractivity contribution >= 4 is 23.9 Å². The number of aryl methyl sites for hydroxylation is 1. The first-order chi connectivity index (χ1) is 9.47. The van der Waals surface area contributed by atoms with E-state index < -0.39 is 12.9 Å².